The van der Waals surface area contributed by atoms with Crippen molar-refractivity contribution in [3.05, 3.63) is 22.4 Å². The van der Waals surface area contributed by atoms with Crippen LogP contribution in [0, 0.1) is 0 Å². The van der Waals surface area contributed by atoms with Crippen LogP contribution in [0.4, 0.5) is 0 Å². The Morgan fingerprint density at radius 3 is 2.78 bits per heavy atom. The van der Waals surface area contributed by atoms with Gasteiger partial charge in [0.2, 0.25) is 5.91 Å². The molecule has 1 fully saturated rings. The van der Waals surface area contributed by atoms with Crippen LogP contribution in [-0.4, -0.2) is 47.9 Å². The summed E-state index contributed by atoms with van der Waals surface area (Å²) >= 11 is 1.54. The third kappa shape index (κ3) is 2.58. The van der Waals surface area contributed by atoms with E-state index in [0.29, 0.717) is 0 Å². The topological polar surface area (TPSA) is 49.6 Å². The Morgan fingerprint density at radius 1 is 1.50 bits per heavy atom. The molecule has 1 amide bonds. The second kappa shape index (κ2) is 4.99. The van der Waals surface area contributed by atoms with E-state index in [1.807, 2.05) is 22.4 Å². The van der Waals surface area contributed by atoms with Crippen LogP contribution in [0.1, 0.15) is 24.8 Å². The Balaban J connectivity index is 2.06. The van der Waals surface area contributed by atoms with Crippen molar-refractivity contribution < 1.29 is 4.79 Å². The Kier molecular flexibility index (Phi) is 3.75. The van der Waals surface area contributed by atoms with Gasteiger partial charge in [0.05, 0.1) is 0 Å². The molecule has 18 heavy (non-hydrogen) atoms. The van der Waals surface area contributed by atoms with Crippen LogP contribution in [0.15, 0.2) is 17.5 Å². The number of rotatable bonds is 2. The third-order valence-electron chi connectivity index (χ3n) is 3.74. The number of nitrogens with zero attached hydrogens (tertiary/aromatic N) is 2. The van der Waals surface area contributed by atoms with Gasteiger partial charge in [-0.3, -0.25) is 9.69 Å². The van der Waals surface area contributed by atoms with E-state index in [1.165, 1.54) is 0 Å². The van der Waals surface area contributed by atoms with Gasteiger partial charge in [-0.1, -0.05) is 6.07 Å². The minimum Gasteiger partial charge on any atom is -0.338 e. The first-order chi connectivity index (χ1) is 8.42. The van der Waals surface area contributed by atoms with E-state index in [2.05, 4.69) is 25.8 Å². The molecule has 1 aromatic rings. The van der Waals surface area contributed by atoms with Gasteiger partial charge in [0.1, 0.15) is 6.04 Å². The van der Waals surface area contributed by atoms with Gasteiger partial charge in [0.25, 0.3) is 0 Å². The van der Waals surface area contributed by atoms with E-state index in [0.717, 1.165) is 24.5 Å². The quantitative estimate of drug-likeness (QED) is 0.878. The highest BCUT2D eigenvalue weighted by molar-refractivity contribution is 7.10. The van der Waals surface area contributed by atoms with Crippen molar-refractivity contribution >= 4 is 17.2 Å². The Labute approximate surface area is 112 Å². The smallest absolute Gasteiger partial charge is 0.245 e. The number of carbonyl (C=O) groups excluding carboxylic acids is 1. The van der Waals surface area contributed by atoms with E-state index >= 15 is 0 Å². The largest absolute Gasteiger partial charge is 0.338 e. The highest BCUT2D eigenvalue weighted by atomic mass is 32.1. The molecule has 0 spiro atoms. The van der Waals surface area contributed by atoms with Gasteiger partial charge in [0, 0.05) is 30.1 Å². The lowest BCUT2D eigenvalue weighted by Crippen LogP contribution is -2.59. The van der Waals surface area contributed by atoms with E-state index in [4.69, 9.17) is 5.73 Å². The molecule has 0 aliphatic carbocycles. The van der Waals surface area contributed by atoms with Crippen LogP contribution in [0.2, 0.25) is 0 Å². The molecule has 5 heteroatoms. The summed E-state index contributed by atoms with van der Waals surface area (Å²) in [5, 5.41) is 1.95. The molecule has 0 aromatic carbocycles. The van der Waals surface area contributed by atoms with Crippen molar-refractivity contribution in [3.8, 4) is 0 Å². The monoisotopic (exact) mass is 267 g/mol. The van der Waals surface area contributed by atoms with Crippen LogP contribution in [0.25, 0.3) is 0 Å². The van der Waals surface area contributed by atoms with Gasteiger partial charge in [0.15, 0.2) is 0 Å². The molecule has 0 bridgehead atoms. The summed E-state index contributed by atoms with van der Waals surface area (Å²) in [6.07, 6.45) is 0. The maximum atomic E-state index is 12.4. The molecule has 0 saturated carbocycles. The van der Waals surface area contributed by atoms with Gasteiger partial charge in [-0.05, 0) is 32.3 Å². The molecule has 1 atom stereocenters. The van der Waals surface area contributed by atoms with Gasteiger partial charge in [-0.2, -0.15) is 0 Å². The van der Waals surface area contributed by atoms with Crippen molar-refractivity contribution in [2.75, 3.05) is 26.7 Å². The lowest BCUT2D eigenvalue weighted by atomic mass is 9.99. The summed E-state index contributed by atoms with van der Waals surface area (Å²) in [6, 6.07) is 3.35. The minimum absolute atomic E-state index is 0.0169. The van der Waals surface area contributed by atoms with Gasteiger partial charge >= 0.3 is 0 Å². The number of hydrogen-bond donors (Lipinski definition) is 1. The van der Waals surface area contributed by atoms with Gasteiger partial charge in [-0.25, -0.2) is 0 Å². The fourth-order valence-corrected chi connectivity index (χ4v) is 2.93. The van der Waals surface area contributed by atoms with Crippen LogP contribution in [-0.2, 0) is 4.79 Å². The highest BCUT2D eigenvalue weighted by Crippen LogP contribution is 2.23. The molecule has 1 aliphatic rings. The summed E-state index contributed by atoms with van der Waals surface area (Å²) in [5.41, 5.74) is 6.06. The molecular weight excluding hydrogens is 246 g/mol. The average molecular weight is 267 g/mol. The maximum absolute atomic E-state index is 12.4. The number of nitrogens with two attached hydrogens (primary N) is 1. The fourth-order valence-electron chi connectivity index (χ4n) is 2.21. The molecule has 0 radical (unpaired) electrons. The predicted molar refractivity (Wildman–Crippen MR) is 74.5 cm³/mol. The van der Waals surface area contributed by atoms with Gasteiger partial charge in [-0.15, -0.1) is 11.3 Å². The third-order valence-corrected chi connectivity index (χ3v) is 4.70. The zero-order chi connectivity index (χ0) is 13.3. The molecule has 2 N–H and O–H groups in total. The first-order valence-electron chi connectivity index (χ1n) is 6.21. The van der Waals surface area contributed by atoms with Crippen molar-refractivity contribution in [3.63, 3.8) is 0 Å². The van der Waals surface area contributed by atoms with Crippen LogP contribution < -0.4 is 5.73 Å². The molecule has 1 aliphatic heterocycles. The van der Waals surface area contributed by atoms with Crippen molar-refractivity contribution in [1.82, 2.24) is 9.80 Å². The number of hydrogen-bond acceptors (Lipinski definition) is 4. The van der Waals surface area contributed by atoms with E-state index < -0.39 is 6.04 Å². The first kappa shape index (κ1) is 13.5. The highest BCUT2D eigenvalue weighted by Gasteiger charge is 2.35. The molecule has 4 nitrogen and oxygen atoms in total. The summed E-state index contributed by atoms with van der Waals surface area (Å²) in [6.45, 7) is 6.71. The van der Waals surface area contributed by atoms with Crippen LogP contribution in [0.5, 0.6) is 0 Å². The summed E-state index contributed by atoms with van der Waals surface area (Å²) in [4.78, 5) is 17.5. The number of carbonyl (C=O) groups is 1. The lowest BCUT2D eigenvalue weighted by Gasteiger charge is -2.45. The number of piperazine rings is 1. The summed E-state index contributed by atoms with van der Waals surface area (Å²) in [7, 11) is 2.10. The zero-order valence-electron chi connectivity index (χ0n) is 11.2. The standard InChI is InChI=1S/C13H21N3OS/c1-13(2)9-16(7-6-15(13)3)12(17)11(14)10-5-4-8-18-10/h4-5,8,11H,6-7,9,14H2,1-3H3. The predicted octanol–water partition coefficient (Wildman–Crippen LogP) is 1.30. The summed E-state index contributed by atoms with van der Waals surface area (Å²) < 4.78 is 0. The van der Waals surface area contributed by atoms with Crippen molar-refractivity contribution in [2.24, 2.45) is 5.73 Å². The Hall–Kier alpha value is -0.910. The SMILES string of the molecule is CN1CCN(C(=O)C(N)c2cccs2)CC1(C)C. The molecule has 1 unspecified atom stereocenters. The van der Waals surface area contributed by atoms with Crippen LogP contribution >= 0.6 is 11.3 Å². The Morgan fingerprint density at radius 2 is 2.22 bits per heavy atom. The Bertz CT molecular complexity index is 416. The average Bonchev–Trinajstić information content (AvgIpc) is 2.84. The molecule has 1 saturated heterocycles. The lowest BCUT2D eigenvalue weighted by molar-refractivity contribution is -0.137. The fraction of sp³-hybridized carbons (Fsp3) is 0.615. The molecule has 100 valence electrons. The number of thiophene rings is 1. The maximum Gasteiger partial charge on any atom is 0.245 e. The first-order valence-corrected chi connectivity index (χ1v) is 7.09. The van der Waals surface area contributed by atoms with Crippen molar-refractivity contribution in [1.29, 1.82) is 0 Å². The summed E-state index contributed by atoms with van der Waals surface area (Å²) in [5.74, 6) is 0.0404. The molecular formula is C13H21N3OS. The van der Waals surface area contributed by atoms with E-state index in [9.17, 15) is 4.79 Å². The second-order valence-electron chi connectivity index (χ2n) is 5.49. The van der Waals surface area contributed by atoms with Crippen molar-refractivity contribution in [2.45, 2.75) is 25.4 Å². The zero-order valence-corrected chi connectivity index (χ0v) is 12.0. The number of amides is 1. The molecule has 2 rings (SSSR count). The minimum atomic E-state index is -0.510. The van der Waals surface area contributed by atoms with E-state index in [-0.39, 0.29) is 11.4 Å². The second-order valence-corrected chi connectivity index (χ2v) is 6.47. The normalized spacial score (nSPS) is 21.9. The molecule has 1 aromatic heterocycles. The van der Waals surface area contributed by atoms with Crippen LogP contribution in [0.3, 0.4) is 0 Å². The van der Waals surface area contributed by atoms with E-state index in [1.54, 1.807) is 11.3 Å². The van der Waals surface area contributed by atoms with Gasteiger partial charge < -0.3 is 10.6 Å². The molecule has 2 heterocycles. The number of likely N-dealkylation sites (N-methyl/N-ethyl adjacent to an activating group) is 1.